The Kier molecular flexibility index (Phi) is 6.74. The molecular weight excluding hydrogens is 248 g/mol. The lowest BCUT2D eigenvalue weighted by Crippen LogP contribution is -1.89. The normalized spacial score (nSPS) is 10.5. The standard InChI is InChI=1S/C14H21Br/c1-2-7-13-9-6-10-14(12-13)8-4-3-5-11-15/h6,9-10,12H,2-5,7-8,11H2,1H3. The largest absolute Gasteiger partial charge is 0.0928 e. The van der Waals surface area contributed by atoms with E-state index in [1.807, 2.05) is 0 Å². The van der Waals surface area contributed by atoms with Crippen molar-refractivity contribution in [3.05, 3.63) is 35.4 Å². The highest BCUT2D eigenvalue weighted by Gasteiger charge is 1.96. The Bertz CT molecular complexity index is 268. The van der Waals surface area contributed by atoms with Gasteiger partial charge in [-0.25, -0.2) is 0 Å². The third kappa shape index (κ3) is 5.36. The number of alkyl halides is 1. The molecule has 0 atom stereocenters. The third-order valence-corrected chi connectivity index (χ3v) is 3.19. The van der Waals surface area contributed by atoms with Gasteiger partial charge in [0.25, 0.3) is 0 Å². The predicted octanol–water partition coefficient (Wildman–Crippen LogP) is 4.75. The van der Waals surface area contributed by atoms with Gasteiger partial charge in [0.05, 0.1) is 0 Å². The lowest BCUT2D eigenvalue weighted by atomic mass is 10.0. The summed E-state index contributed by atoms with van der Waals surface area (Å²) >= 11 is 3.47. The number of hydrogen-bond donors (Lipinski definition) is 0. The molecule has 0 aliphatic carbocycles. The highest BCUT2D eigenvalue weighted by molar-refractivity contribution is 9.09. The zero-order valence-electron chi connectivity index (χ0n) is 9.64. The minimum atomic E-state index is 1.14. The first kappa shape index (κ1) is 12.8. The van der Waals surface area contributed by atoms with Crippen LogP contribution in [0.1, 0.15) is 43.7 Å². The van der Waals surface area contributed by atoms with Crippen molar-refractivity contribution in [1.29, 1.82) is 0 Å². The molecule has 1 rings (SSSR count). The first-order chi connectivity index (χ1) is 7.36. The predicted molar refractivity (Wildman–Crippen MR) is 71.8 cm³/mol. The molecule has 0 fully saturated rings. The highest BCUT2D eigenvalue weighted by atomic mass is 79.9. The van der Waals surface area contributed by atoms with E-state index in [2.05, 4.69) is 47.1 Å². The van der Waals surface area contributed by atoms with Crippen molar-refractivity contribution >= 4 is 15.9 Å². The molecule has 0 bridgehead atoms. The van der Waals surface area contributed by atoms with Crippen LogP contribution < -0.4 is 0 Å². The van der Waals surface area contributed by atoms with Gasteiger partial charge < -0.3 is 0 Å². The SMILES string of the molecule is CCCc1cccc(CCCCCBr)c1. The molecule has 0 spiro atoms. The fourth-order valence-corrected chi connectivity index (χ4v) is 2.23. The van der Waals surface area contributed by atoms with Crippen molar-refractivity contribution in [3.63, 3.8) is 0 Å². The fourth-order valence-electron chi connectivity index (χ4n) is 1.83. The van der Waals surface area contributed by atoms with Gasteiger partial charge in [-0.2, -0.15) is 0 Å². The molecule has 0 saturated heterocycles. The van der Waals surface area contributed by atoms with Crippen LogP contribution in [0.15, 0.2) is 24.3 Å². The molecule has 0 heterocycles. The molecular formula is C14H21Br. The van der Waals surface area contributed by atoms with E-state index >= 15 is 0 Å². The van der Waals surface area contributed by atoms with Gasteiger partial charge in [-0.05, 0) is 36.8 Å². The number of hydrogen-bond acceptors (Lipinski definition) is 0. The summed E-state index contributed by atoms with van der Waals surface area (Å²) in [5.41, 5.74) is 3.01. The molecule has 0 aliphatic heterocycles. The zero-order chi connectivity index (χ0) is 10.9. The average Bonchev–Trinajstić information content (AvgIpc) is 2.26. The second kappa shape index (κ2) is 7.92. The summed E-state index contributed by atoms with van der Waals surface area (Å²) in [5, 5.41) is 1.14. The number of benzene rings is 1. The van der Waals surface area contributed by atoms with Crippen LogP contribution in [0.5, 0.6) is 0 Å². The van der Waals surface area contributed by atoms with Crippen LogP contribution in [0, 0.1) is 0 Å². The molecule has 0 N–H and O–H groups in total. The quantitative estimate of drug-likeness (QED) is 0.495. The molecule has 0 saturated carbocycles. The van der Waals surface area contributed by atoms with Gasteiger partial charge in [-0.3, -0.25) is 0 Å². The van der Waals surface area contributed by atoms with E-state index in [1.165, 1.54) is 49.7 Å². The summed E-state index contributed by atoms with van der Waals surface area (Å²) in [6.45, 7) is 2.24. The Labute approximate surface area is 102 Å². The highest BCUT2D eigenvalue weighted by Crippen LogP contribution is 2.11. The molecule has 1 aromatic rings. The van der Waals surface area contributed by atoms with E-state index in [9.17, 15) is 0 Å². The third-order valence-electron chi connectivity index (χ3n) is 2.63. The Hall–Kier alpha value is -0.300. The summed E-state index contributed by atoms with van der Waals surface area (Å²) in [6, 6.07) is 9.07. The zero-order valence-corrected chi connectivity index (χ0v) is 11.2. The van der Waals surface area contributed by atoms with Gasteiger partial charge in [-0.1, -0.05) is 60.0 Å². The maximum absolute atomic E-state index is 3.47. The van der Waals surface area contributed by atoms with E-state index in [1.54, 1.807) is 0 Å². The van der Waals surface area contributed by atoms with Crippen molar-refractivity contribution in [2.24, 2.45) is 0 Å². The molecule has 84 valence electrons. The lowest BCUT2D eigenvalue weighted by molar-refractivity contribution is 0.723. The summed E-state index contributed by atoms with van der Waals surface area (Å²) in [4.78, 5) is 0. The maximum atomic E-state index is 3.47. The Morgan fingerprint density at radius 2 is 1.73 bits per heavy atom. The number of halogens is 1. The number of aryl methyl sites for hydroxylation is 2. The molecule has 1 heteroatoms. The van der Waals surface area contributed by atoms with Crippen LogP contribution in [0.25, 0.3) is 0 Å². The molecule has 1 aromatic carbocycles. The van der Waals surface area contributed by atoms with Crippen molar-refractivity contribution < 1.29 is 0 Å². The first-order valence-corrected chi connectivity index (χ1v) is 7.12. The Balaban J connectivity index is 2.36. The second-order valence-corrected chi connectivity index (χ2v) is 4.86. The van der Waals surface area contributed by atoms with Crippen LogP contribution in [-0.2, 0) is 12.8 Å². The van der Waals surface area contributed by atoms with E-state index in [0.717, 1.165) is 5.33 Å². The number of unbranched alkanes of at least 4 members (excludes halogenated alkanes) is 2. The second-order valence-electron chi connectivity index (χ2n) is 4.07. The first-order valence-electron chi connectivity index (χ1n) is 6.00. The van der Waals surface area contributed by atoms with E-state index in [-0.39, 0.29) is 0 Å². The van der Waals surface area contributed by atoms with Gasteiger partial charge in [0.15, 0.2) is 0 Å². The molecule has 0 amide bonds. The Morgan fingerprint density at radius 1 is 1.00 bits per heavy atom. The smallest absolute Gasteiger partial charge is 0.00313 e. The minimum absolute atomic E-state index is 1.14. The minimum Gasteiger partial charge on any atom is -0.0928 e. The molecule has 0 nitrogen and oxygen atoms in total. The summed E-state index contributed by atoms with van der Waals surface area (Å²) in [5.74, 6) is 0. The topological polar surface area (TPSA) is 0 Å². The molecule has 0 aliphatic rings. The summed E-state index contributed by atoms with van der Waals surface area (Å²) in [6.07, 6.45) is 7.66. The Morgan fingerprint density at radius 3 is 2.40 bits per heavy atom. The van der Waals surface area contributed by atoms with Gasteiger partial charge in [-0.15, -0.1) is 0 Å². The molecule has 15 heavy (non-hydrogen) atoms. The van der Waals surface area contributed by atoms with E-state index in [4.69, 9.17) is 0 Å². The van der Waals surface area contributed by atoms with Gasteiger partial charge in [0, 0.05) is 5.33 Å². The fraction of sp³-hybridized carbons (Fsp3) is 0.571. The van der Waals surface area contributed by atoms with Crippen LogP contribution in [-0.4, -0.2) is 5.33 Å². The van der Waals surface area contributed by atoms with Crippen molar-refractivity contribution in [2.45, 2.75) is 45.4 Å². The molecule has 0 radical (unpaired) electrons. The van der Waals surface area contributed by atoms with Crippen molar-refractivity contribution in [1.82, 2.24) is 0 Å². The van der Waals surface area contributed by atoms with E-state index in [0.29, 0.717) is 0 Å². The van der Waals surface area contributed by atoms with Gasteiger partial charge >= 0.3 is 0 Å². The van der Waals surface area contributed by atoms with Gasteiger partial charge in [0.1, 0.15) is 0 Å². The monoisotopic (exact) mass is 268 g/mol. The van der Waals surface area contributed by atoms with Crippen LogP contribution in [0.4, 0.5) is 0 Å². The number of rotatable bonds is 7. The van der Waals surface area contributed by atoms with Crippen LogP contribution in [0.2, 0.25) is 0 Å². The van der Waals surface area contributed by atoms with E-state index < -0.39 is 0 Å². The lowest BCUT2D eigenvalue weighted by Gasteiger charge is -2.04. The van der Waals surface area contributed by atoms with Crippen LogP contribution in [0.3, 0.4) is 0 Å². The maximum Gasteiger partial charge on any atom is 0.00313 e. The van der Waals surface area contributed by atoms with Gasteiger partial charge in [0.2, 0.25) is 0 Å². The van der Waals surface area contributed by atoms with Crippen LogP contribution >= 0.6 is 15.9 Å². The summed E-state index contributed by atoms with van der Waals surface area (Å²) in [7, 11) is 0. The summed E-state index contributed by atoms with van der Waals surface area (Å²) < 4.78 is 0. The van der Waals surface area contributed by atoms with Crippen molar-refractivity contribution in [3.8, 4) is 0 Å². The molecule has 0 unspecified atom stereocenters. The molecule has 0 aromatic heterocycles. The van der Waals surface area contributed by atoms with Crippen molar-refractivity contribution in [2.75, 3.05) is 5.33 Å². The average molecular weight is 269 g/mol.